The minimum Gasteiger partial charge on any atom is -0.379 e. The number of rotatable bonds is 26. The molecule has 0 unspecified atom stereocenters. The van der Waals surface area contributed by atoms with E-state index in [1.54, 1.807) is 0 Å². The Morgan fingerprint density at radius 2 is 1.03 bits per heavy atom. The smallest absolute Gasteiger partial charge is 0.158 e. The van der Waals surface area contributed by atoms with Gasteiger partial charge in [-0.3, -0.25) is 4.79 Å². The maximum absolute atomic E-state index is 11.3. The van der Waals surface area contributed by atoms with Crippen LogP contribution in [0.2, 0.25) is 0 Å². The van der Waals surface area contributed by atoms with Crippen LogP contribution >= 0.6 is 0 Å². The van der Waals surface area contributed by atoms with E-state index in [-0.39, 0.29) is 12.4 Å². The molecule has 0 heterocycles. The van der Waals surface area contributed by atoms with Gasteiger partial charge in [0.2, 0.25) is 0 Å². The lowest BCUT2D eigenvalue weighted by molar-refractivity contribution is -0.124. The summed E-state index contributed by atoms with van der Waals surface area (Å²) in [5.74, 6) is 0.979. The van der Waals surface area contributed by atoms with Gasteiger partial charge in [-0.25, -0.2) is 0 Å². The Morgan fingerprint density at radius 1 is 0.548 bits per heavy atom. The van der Waals surface area contributed by atoms with Crippen molar-refractivity contribution in [3.05, 3.63) is 0 Å². The molecule has 0 N–H and O–H groups in total. The van der Waals surface area contributed by atoms with Crippen LogP contribution in [0.4, 0.5) is 0 Å². The molecule has 0 atom stereocenters. The third-order valence-electron chi connectivity index (χ3n) is 5.51. The summed E-state index contributed by atoms with van der Waals surface area (Å²) < 4.78 is 22.1. The van der Waals surface area contributed by atoms with Crippen LogP contribution in [0.25, 0.3) is 0 Å². The molecule has 0 bridgehead atoms. The van der Waals surface area contributed by atoms with Gasteiger partial charge < -0.3 is 18.9 Å². The van der Waals surface area contributed by atoms with Crippen molar-refractivity contribution in [1.29, 1.82) is 0 Å². The standard InChI is InChI=1S/C26H52O5/c1-4-7-9-11-14-25(15-12-10-8-5-2)16-17-28-18-19-29-20-21-30-22-23-31-24-26(27)13-6-3/h25H,4-24H2,1-3H3. The lowest BCUT2D eigenvalue weighted by Crippen LogP contribution is -2.14. The third kappa shape index (κ3) is 24.0. The molecule has 0 spiro atoms. The molecule has 0 aromatic carbocycles. The molecular weight excluding hydrogens is 392 g/mol. The van der Waals surface area contributed by atoms with E-state index in [0.29, 0.717) is 46.1 Å². The van der Waals surface area contributed by atoms with E-state index >= 15 is 0 Å². The average molecular weight is 445 g/mol. The first kappa shape index (κ1) is 30.5. The average Bonchev–Trinajstić information content (AvgIpc) is 2.77. The summed E-state index contributed by atoms with van der Waals surface area (Å²) in [6, 6.07) is 0. The van der Waals surface area contributed by atoms with Gasteiger partial charge in [0, 0.05) is 13.0 Å². The van der Waals surface area contributed by atoms with E-state index in [2.05, 4.69) is 13.8 Å². The van der Waals surface area contributed by atoms with E-state index in [4.69, 9.17) is 18.9 Å². The number of hydrogen-bond donors (Lipinski definition) is 0. The maximum Gasteiger partial charge on any atom is 0.158 e. The van der Waals surface area contributed by atoms with Crippen LogP contribution in [-0.2, 0) is 23.7 Å². The van der Waals surface area contributed by atoms with Gasteiger partial charge in [0.05, 0.1) is 39.6 Å². The monoisotopic (exact) mass is 444 g/mol. The van der Waals surface area contributed by atoms with Crippen molar-refractivity contribution in [2.24, 2.45) is 5.92 Å². The summed E-state index contributed by atoms with van der Waals surface area (Å²) in [6.45, 7) is 10.9. The first-order valence-electron chi connectivity index (χ1n) is 13.1. The minimum atomic E-state index is 0.158. The van der Waals surface area contributed by atoms with Gasteiger partial charge in [-0.2, -0.15) is 0 Å². The molecule has 0 saturated heterocycles. The zero-order valence-corrected chi connectivity index (χ0v) is 21.0. The molecule has 5 nitrogen and oxygen atoms in total. The lowest BCUT2D eigenvalue weighted by Gasteiger charge is -2.17. The molecule has 0 fully saturated rings. The van der Waals surface area contributed by atoms with E-state index < -0.39 is 0 Å². The summed E-state index contributed by atoms with van der Waals surface area (Å²) in [5.41, 5.74) is 0. The number of carbonyl (C=O) groups excluding carboxylic acids is 1. The number of hydrogen-bond acceptors (Lipinski definition) is 5. The molecule has 31 heavy (non-hydrogen) atoms. The number of ether oxygens (including phenoxy) is 4. The normalized spacial score (nSPS) is 11.5. The second kappa shape index (κ2) is 25.8. The molecular formula is C26H52O5. The van der Waals surface area contributed by atoms with Crippen LogP contribution in [-0.4, -0.2) is 58.6 Å². The highest BCUT2D eigenvalue weighted by Crippen LogP contribution is 2.21. The van der Waals surface area contributed by atoms with Crippen molar-refractivity contribution in [1.82, 2.24) is 0 Å². The van der Waals surface area contributed by atoms with Crippen LogP contribution in [0.5, 0.6) is 0 Å². The van der Waals surface area contributed by atoms with Gasteiger partial charge in [0.15, 0.2) is 5.78 Å². The van der Waals surface area contributed by atoms with Gasteiger partial charge in [0.1, 0.15) is 6.61 Å². The Balaban J connectivity index is 3.52. The summed E-state index contributed by atoms with van der Waals surface area (Å²) in [5, 5.41) is 0. The zero-order valence-electron chi connectivity index (χ0n) is 21.0. The first-order valence-corrected chi connectivity index (χ1v) is 13.1. The molecule has 186 valence electrons. The highest BCUT2D eigenvalue weighted by molar-refractivity contribution is 5.79. The Bertz CT molecular complexity index is 350. The van der Waals surface area contributed by atoms with Crippen molar-refractivity contribution in [3.8, 4) is 0 Å². The molecule has 0 aliphatic heterocycles. The molecule has 0 saturated carbocycles. The predicted molar refractivity (Wildman–Crippen MR) is 129 cm³/mol. The Morgan fingerprint density at radius 3 is 1.52 bits per heavy atom. The summed E-state index contributed by atoms with van der Waals surface area (Å²) in [6.07, 6.45) is 16.2. The SMILES string of the molecule is CCCCCCC(CCCCCC)CCOCCOCCOCCOCC(=O)CCC. The number of unbranched alkanes of at least 4 members (excludes halogenated alkanes) is 6. The third-order valence-corrected chi connectivity index (χ3v) is 5.51. The van der Waals surface area contributed by atoms with Gasteiger partial charge in [-0.15, -0.1) is 0 Å². The van der Waals surface area contributed by atoms with Crippen molar-refractivity contribution in [2.75, 3.05) is 52.9 Å². The maximum atomic E-state index is 11.3. The second-order valence-electron chi connectivity index (χ2n) is 8.53. The highest BCUT2D eigenvalue weighted by Gasteiger charge is 2.08. The van der Waals surface area contributed by atoms with Gasteiger partial charge in [0.25, 0.3) is 0 Å². The fraction of sp³-hybridized carbons (Fsp3) is 0.962. The van der Waals surface area contributed by atoms with E-state index in [1.807, 2.05) is 6.92 Å². The van der Waals surface area contributed by atoms with Crippen LogP contribution in [0.15, 0.2) is 0 Å². The topological polar surface area (TPSA) is 54.0 Å². The van der Waals surface area contributed by atoms with E-state index in [1.165, 1.54) is 70.6 Å². The Hall–Kier alpha value is -0.490. The predicted octanol–water partition coefficient (Wildman–Crippen LogP) is 6.37. The first-order chi connectivity index (χ1) is 15.2. The summed E-state index contributed by atoms with van der Waals surface area (Å²) in [4.78, 5) is 11.3. The fourth-order valence-electron chi connectivity index (χ4n) is 3.60. The van der Waals surface area contributed by atoms with Crippen molar-refractivity contribution in [2.45, 2.75) is 104 Å². The molecule has 0 rings (SSSR count). The van der Waals surface area contributed by atoms with Crippen LogP contribution in [0, 0.1) is 5.92 Å². The van der Waals surface area contributed by atoms with E-state index in [0.717, 1.165) is 18.9 Å². The fourth-order valence-corrected chi connectivity index (χ4v) is 3.60. The molecule has 0 aromatic heterocycles. The summed E-state index contributed by atoms with van der Waals surface area (Å²) >= 11 is 0. The zero-order chi connectivity index (χ0) is 22.8. The quantitative estimate of drug-likeness (QED) is 0.145. The largest absolute Gasteiger partial charge is 0.379 e. The van der Waals surface area contributed by atoms with E-state index in [9.17, 15) is 4.79 Å². The lowest BCUT2D eigenvalue weighted by atomic mass is 9.92. The minimum absolute atomic E-state index is 0.158. The molecule has 0 aromatic rings. The van der Waals surface area contributed by atoms with Crippen molar-refractivity contribution < 1.29 is 23.7 Å². The molecule has 5 heteroatoms. The van der Waals surface area contributed by atoms with Crippen LogP contribution in [0.3, 0.4) is 0 Å². The Kier molecular flexibility index (Phi) is 25.4. The summed E-state index contributed by atoms with van der Waals surface area (Å²) in [7, 11) is 0. The van der Waals surface area contributed by atoms with Crippen molar-refractivity contribution >= 4 is 5.78 Å². The number of ketones is 1. The highest BCUT2D eigenvalue weighted by atomic mass is 16.6. The van der Waals surface area contributed by atoms with Gasteiger partial charge in [-0.05, 0) is 18.8 Å². The van der Waals surface area contributed by atoms with Crippen LogP contribution in [0.1, 0.15) is 104 Å². The number of Topliss-reactive ketones (excluding diaryl/α,β-unsaturated/α-hetero) is 1. The molecule has 0 aliphatic carbocycles. The molecule has 0 aliphatic rings. The van der Waals surface area contributed by atoms with Crippen molar-refractivity contribution in [3.63, 3.8) is 0 Å². The Labute approximate surface area is 192 Å². The second-order valence-corrected chi connectivity index (χ2v) is 8.53. The van der Waals surface area contributed by atoms with Gasteiger partial charge in [-0.1, -0.05) is 85.0 Å². The molecule has 0 radical (unpaired) electrons. The van der Waals surface area contributed by atoms with Gasteiger partial charge >= 0.3 is 0 Å². The molecule has 0 amide bonds. The van der Waals surface area contributed by atoms with Crippen LogP contribution < -0.4 is 0 Å². The number of carbonyl (C=O) groups is 1.